The van der Waals surface area contributed by atoms with E-state index in [4.69, 9.17) is 7.85 Å². The summed E-state index contributed by atoms with van der Waals surface area (Å²) in [5.74, 6) is 2.94. The number of aryl methyl sites for hydroxylation is 2. The summed E-state index contributed by atoms with van der Waals surface area (Å²) in [4.78, 5) is 4.44. The van der Waals surface area contributed by atoms with Crippen LogP contribution >= 0.6 is 0 Å². The van der Waals surface area contributed by atoms with Gasteiger partial charge in [-0.25, -0.2) is 4.98 Å². The second-order valence-electron chi connectivity index (χ2n) is 8.22. The Morgan fingerprint density at radius 1 is 0.781 bits per heavy atom. The number of benzene rings is 2. The Morgan fingerprint density at radius 2 is 1.34 bits per heavy atom. The van der Waals surface area contributed by atoms with Gasteiger partial charge >= 0.3 is 0 Å². The predicted octanol–water partition coefficient (Wildman–Crippen LogP) is 7.83. The van der Waals surface area contributed by atoms with Gasteiger partial charge in [0.25, 0.3) is 0 Å². The molecule has 0 fully saturated rings. The van der Waals surface area contributed by atoms with Crippen LogP contribution < -0.4 is 0 Å². The fourth-order valence-electron chi connectivity index (χ4n) is 3.76. The fraction of sp³-hybridized carbons (Fsp3) is 0.414. The molecule has 0 unspecified atom stereocenters. The lowest BCUT2D eigenvalue weighted by Crippen LogP contribution is -2.03. The van der Waals surface area contributed by atoms with Crippen LogP contribution in [0.4, 0.5) is 0 Å². The van der Waals surface area contributed by atoms with Crippen LogP contribution in [0, 0.1) is 0 Å². The Morgan fingerprint density at radius 3 is 1.91 bits per heavy atom. The van der Waals surface area contributed by atoms with E-state index in [1.807, 2.05) is 42.6 Å². The molecule has 3 heteroatoms. The molecule has 32 heavy (non-hydrogen) atoms. The number of imidazole rings is 1. The third kappa shape index (κ3) is 9.30. The predicted molar refractivity (Wildman–Crippen MR) is 140 cm³/mol. The number of hydrogen-bond acceptors (Lipinski definition) is 1. The van der Waals surface area contributed by atoms with E-state index in [1.165, 1.54) is 57.2 Å². The van der Waals surface area contributed by atoms with Crippen LogP contribution in [0.25, 0.3) is 5.57 Å². The Kier molecular flexibility index (Phi) is 13.0. The van der Waals surface area contributed by atoms with Crippen LogP contribution in [-0.4, -0.2) is 17.4 Å². The van der Waals surface area contributed by atoms with Gasteiger partial charge in [-0.2, -0.15) is 0 Å². The first-order chi connectivity index (χ1) is 15.8. The van der Waals surface area contributed by atoms with E-state index in [0.29, 0.717) is 0 Å². The quantitative estimate of drug-likeness (QED) is 0.213. The van der Waals surface area contributed by atoms with Crippen molar-refractivity contribution in [3.05, 3.63) is 96.0 Å². The molecular formula is C29H39BN2. The zero-order valence-electron chi connectivity index (χ0n) is 20.0. The van der Waals surface area contributed by atoms with Crippen LogP contribution in [0.5, 0.6) is 0 Å². The van der Waals surface area contributed by atoms with Crippen LogP contribution in [0.15, 0.2) is 79.0 Å². The highest BCUT2D eigenvalue weighted by Crippen LogP contribution is 2.21. The van der Waals surface area contributed by atoms with E-state index in [0.717, 1.165) is 29.7 Å². The molecule has 2 nitrogen and oxygen atoms in total. The molecular weight excluding hydrogens is 387 g/mol. The van der Waals surface area contributed by atoms with Gasteiger partial charge < -0.3 is 4.57 Å². The van der Waals surface area contributed by atoms with Gasteiger partial charge in [-0.1, -0.05) is 113 Å². The molecule has 1 heterocycles. The summed E-state index contributed by atoms with van der Waals surface area (Å²) in [6.45, 7) is 5.66. The lowest BCUT2D eigenvalue weighted by molar-refractivity contribution is 0.542. The van der Waals surface area contributed by atoms with Crippen LogP contribution in [0.1, 0.15) is 82.2 Å². The van der Waals surface area contributed by atoms with E-state index in [9.17, 15) is 0 Å². The molecule has 0 amide bonds. The highest BCUT2D eigenvalue weighted by Gasteiger charge is 2.02. The van der Waals surface area contributed by atoms with E-state index < -0.39 is 0 Å². The summed E-state index contributed by atoms with van der Waals surface area (Å²) >= 11 is 0. The molecule has 0 spiro atoms. The van der Waals surface area contributed by atoms with Crippen molar-refractivity contribution >= 4 is 13.4 Å². The van der Waals surface area contributed by atoms with Crippen molar-refractivity contribution in [3.63, 3.8) is 0 Å². The van der Waals surface area contributed by atoms with Crippen LogP contribution in [0.3, 0.4) is 0 Å². The summed E-state index contributed by atoms with van der Waals surface area (Å²) in [6.07, 6.45) is 15.9. The highest BCUT2D eigenvalue weighted by molar-refractivity contribution is 6.21. The van der Waals surface area contributed by atoms with Crippen molar-refractivity contribution in [2.45, 2.75) is 78.2 Å². The van der Waals surface area contributed by atoms with Gasteiger partial charge in [-0.05, 0) is 29.5 Å². The largest absolute Gasteiger partial charge is 0.335 e. The number of hydrogen-bond donors (Lipinski definition) is 0. The maximum absolute atomic E-state index is 5.67. The fourth-order valence-corrected chi connectivity index (χ4v) is 3.76. The second kappa shape index (κ2) is 16.1. The van der Waals surface area contributed by atoms with Crippen LogP contribution in [-0.2, 0) is 13.0 Å². The first-order valence-electron chi connectivity index (χ1n) is 12.3. The highest BCUT2D eigenvalue weighted by atomic mass is 15.1. The van der Waals surface area contributed by atoms with Crippen molar-refractivity contribution in [1.29, 1.82) is 0 Å². The normalized spacial score (nSPS) is 10.3. The summed E-state index contributed by atoms with van der Waals surface area (Å²) in [5.41, 5.74) is 3.36. The van der Waals surface area contributed by atoms with Crippen LogP contribution in [0.2, 0.25) is 0 Å². The van der Waals surface area contributed by atoms with E-state index >= 15 is 0 Å². The van der Waals surface area contributed by atoms with Gasteiger partial charge in [0.05, 0.1) is 0 Å². The van der Waals surface area contributed by atoms with Crippen molar-refractivity contribution in [3.8, 4) is 0 Å². The monoisotopic (exact) mass is 426 g/mol. The van der Waals surface area contributed by atoms with Gasteiger partial charge in [0.1, 0.15) is 13.7 Å². The van der Waals surface area contributed by atoms with Gasteiger partial charge in [0, 0.05) is 25.4 Å². The van der Waals surface area contributed by atoms with E-state index in [2.05, 4.69) is 53.9 Å². The van der Waals surface area contributed by atoms with Gasteiger partial charge in [-0.3, -0.25) is 0 Å². The number of nitrogens with zero attached hydrogens (tertiary/aromatic N) is 2. The van der Waals surface area contributed by atoms with Crippen molar-refractivity contribution in [1.82, 2.24) is 9.55 Å². The Hall–Kier alpha value is -2.55. The van der Waals surface area contributed by atoms with Crippen molar-refractivity contribution in [2.75, 3.05) is 0 Å². The molecule has 3 aromatic rings. The molecule has 0 saturated carbocycles. The second-order valence-corrected chi connectivity index (χ2v) is 8.22. The third-order valence-corrected chi connectivity index (χ3v) is 5.64. The minimum absolute atomic E-state index is 1.07. The lowest BCUT2D eigenvalue weighted by atomic mass is 9.92. The molecule has 3 rings (SSSR count). The SMILES string of the molecule is CCCCCCCCn1ccnc1CCCC.[B]C=C(c1ccccc1)c1ccccc1. The maximum atomic E-state index is 5.67. The summed E-state index contributed by atoms with van der Waals surface area (Å²) in [5, 5.41) is 0. The summed E-state index contributed by atoms with van der Waals surface area (Å²) < 4.78 is 2.34. The van der Waals surface area contributed by atoms with Crippen molar-refractivity contribution in [2.24, 2.45) is 0 Å². The van der Waals surface area contributed by atoms with E-state index in [1.54, 1.807) is 5.98 Å². The molecule has 1 aromatic heterocycles. The minimum Gasteiger partial charge on any atom is -0.335 e. The first kappa shape index (κ1) is 25.7. The molecule has 0 aliphatic carbocycles. The number of rotatable bonds is 12. The Labute approximate surface area is 197 Å². The molecule has 0 saturated heterocycles. The molecule has 2 aromatic carbocycles. The molecule has 0 bridgehead atoms. The topological polar surface area (TPSA) is 17.8 Å². The first-order valence-corrected chi connectivity index (χ1v) is 12.3. The standard InChI is InChI=1S/C15H28N2.C14H11B/c1-3-5-7-8-9-10-13-17-14-12-16-15(17)11-6-4-2;15-11-14(12-7-3-1-4-8-12)13-9-5-2-6-10-13/h12,14H,3-11,13H2,1-2H3;1-11H. The molecule has 0 N–H and O–H groups in total. The van der Waals surface area contributed by atoms with E-state index in [-0.39, 0.29) is 0 Å². The van der Waals surface area contributed by atoms with Gasteiger partial charge in [-0.15, -0.1) is 5.98 Å². The van der Waals surface area contributed by atoms with Gasteiger partial charge in [0.15, 0.2) is 0 Å². The summed E-state index contributed by atoms with van der Waals surface area (Å²) in [6, 6.07) is 20.3. The zero-order valence-corrected chi connectivity index (χ0v) is 20.0. The van der Waals surface area contributed by atoms with Crippen molar-refractivity contribution < 1.29 is 0 Å². The molecule has 168 valence electrons. The summed E-state index contributed by atoms with van der Waals surface area (Å²) in [7, 11) is 5.67. The van der Waals surface area contributed by atoms with Gasteiger partial charge in [0.2, 0.25) is 0 Å². The minimum atomic E-state index is 1.07. The third-order valence-electron chi connectivity index (χ3n) is 5.64. The Bertz CT molecular complexity index is 827. The zero-order chi connectivity index (χ0) is 22.9. The molecule has 0 atom stereocenters. The lowest BCUT2D eigenvalue weighted by Gasteiger charge is -2.07. The molecule has 0 aliphatic rings. The Balaban J connectivity index is 0.000000228. The maximum Gasteiger partial charge on any atom is 0.108 e. The molecule has 0 aliphatic heterocycles. The smallest absolute Gasteiger partial charge is 0.108 e. The number of unbranched alkanes of at least 4 members (excludes halogenated alkanes) is 6. The molecule has 2 radical (unpaired) electrons. The average molecular weight is 426 g/mol. The number of aromatic nitrogens is 2. The average Bonchev–Trinajstić information content (AvgIpc) is 3.29.